The molecule has 6 nitrogen and oxygen atoms in total. The van der Waals surface area contributed by atoms with Crippen LogP contribution in [0.4, 0.5) is 0 Å². The van der Waals surface area contributed by atoms with E-state index in [9.17, 15) is 14.4 Å². The third-order valence-corrected chi connectivity index (χ3v) is 15.1. The van der Waals surface area contributed by atoms with Crippen LogP contribution in [0.15, 0.2) is 0 Å². The van der Waals surface area contributed by atoms with Crippen molar-refractivity contribution < 1.29 is 28.6 Å². The second kappa shape index (κ2) is 56.7. The van der Waals surface area contributed by atoms with Crippen LogP contribution >= 0.6 is 0 Å². The van der Waals surface area contributed by atoms with Crippen molar-refractivity contribution in [3.63, 3.8) is 0 Å². The topological polar surface area (TPSA) is 78.9 Å². The van der Waals surface area contributed by atoms with Crippen LogP contribution in [0.25, 0.3) is 0 Å². The van der Waals surface area contributed by atoms with Crippen molar-refractivity contribution in [2.24, 2.45) is 11.8 Å². The molecule has 0 heterocycles. The van der Waals surface area contributed by atoms with Crippen molar-refractivity contribution in [3.8, 4) is 0 Å². The summed E-state index contributed by atoms with van der Waals surface area (Å²) >= 11 is 0. The van der Waals surface area contributed by atoms with E-state index in [1.54, 1.807) is 0 Å². The highest BCUT2D eigenvalue weighted by molar-refractivity contribution is 5.71. The molecule has 416 valence electrons. The molecule has 0 saturated carbocycles. The number of unbranched alkanes of at least 4 members (excludes halogenated alkanes) is 42. The molecule has 0 saturated heterocycles. The molecule has 0 N–H and O–H groups in total. The standard InChI is InChI=1S/C64H124O6/c1-6-8-9-10-11-12-13-14-24-29-34-39-44-49-54-62(65)68-57-61(70-64(67)56-51-46-41-36-31-26-21-22-27-32-37-42-47-52-59(3)4)58-69-63(66)55-50-45-40-35-30-25-20-18-16-15-17-19-23-28-33-38-43-48-53-60(5)7-2/h59-61H,6-58H2,1-5H3/t60?,61-/m0/s1. The fraction of sp³-hybridized carbons (Fsp3) is 0.953. The molecule has 0 rings (SSSR count). The van der Waals surface area contributed by atoms with Crippen LogP contribution in [-0.4, -0.2) is 37.2 Å². The van der Waals surface area contributed by atoms with E-state index in [0.29, 0.717) is 19.3 Å². The Morgan fingerprint density at radius 3 is 0.814 bits per heavy atom. The van der Waals surface area contributed by atoms with Gasteiger partial charge in [-0.1, -0.05) is 324 Å². The van der Waals surface area contributed by atoms with Crippen molar-refractivity contribution in [1.82, 2.24) is 0 Å². The summed E-state index contributed by atoms with van der Waals surface area (Å²) in [6.07, 6.45) is 62.4. The highest BCUT2D eigenvalue weighted by Gasteiger charge is 2.19. The van der Waals surface area contributed by atoms with Gasteiger partial charge in [0.15, 0.2) is 6.10 Å². The first kappa shape index (κ1) is 68.4. The van der Waals surface area contributed by atoms with E-state index in [-0.39, 0.29) is 31.1 Å². The summed E-state index contributed by atoms with van der Waals surface area (Å²) in [6, 6.07) is 0. The second-order valence-electron chi connectivity index (χ2n) is 22.8. The Morgan fingerprint density at radius 1 is 0.300 bits per heavy atom. The van der Waals surface area contributed by atoms with Gasteiger partial charge in [0.05, 0.1) is 0 Å². The van der Waals surface area contributed by atoms with Gasteiger partial charge in [0.2, 0.25) is 0 Å². The zero-order chi connectivity index (χ0) is 51.1. The van der Waals surface area contributed by atoms with Crippen LogP contribution in [0.2, 0.25) is 0 Å². The van der Waals surface area contributed by atoms with Crippen LogP contribution in [0.1, 0.15) is 362 Å². The Bertz CT molecular complexity index is 1070. The van der Waals surface area contributed by atoms with Crippen LogP contribution in [-0.2, 0) is 28.6 Å². The molecular formula is C64H124O6. The molecule has 0 aromatic carbocycles. The largest absolute Gasteiger partial charge is 0.462 e. The van der Waals surface area contributed by atoms with Gasteiger partial charge in [0.25, 0.3) is 0 Å². The molecular weight excluding hydrogens is 865 g/mol. The first-order valence-electron chi connectivity index (χ1n) is 31.8. The SMILES string of the molecule is CCCCCCCCCCCCCCCCC(=O)OC[C@@H](COC(=O)CCCCCCCCCCCCCCCCCCCCC(C)CC)OC(=O)CCCCCCCCCCCCCCCC(C)C. The van der Waals surface area contributed by atoms with Crippen molar-refractivity contribution in [3.05, 3.63) is 0 Å². The van der Waals surface area contributed by atoms with E-state index in [2.05, 4.69) is 34.6 Å². The van der Waals surface area contributed by atoms with Crippen LogP contribution in [0, 0.1) is 11.8 Å². The smallest absolute Gasteiger partial charge is 0.306 e. The summed E-state index contributed by atoms with van der Waals surface area (Å²) in [6.45, 7) is 11.5. The second-order valence-corrected chi connectivity index (χ2v) is 22.8. The Kier molecular flexibility index (Phi) is 55.4. The van der Waals surface area contributed by atoms with Gasteiger partial charge >= 0.3 is 17.9 Å². The summed E-state index contributed by atoms with van der Waals surface area (Å²) in [5.74, 6) is 0.916. The van der Waals surface area contributed by atoms with E-state index in [1.165, 1.54) is 250 Å². The number of hydrogen-bond acceptors (Lipinski definition) is 6. The average molecular weight is 990 g/mol. The summed E-state index contributed by atoms with van der Waals surface area (Å²) in [4.78, 5) is 38.3. The van der Waals surface area contributed by atoms with Gasteiger partial charge in [-0.15, -0.1) is 0 Å². The molecule has 0 amide bonds. The first-order chi connectivity index (χ1) is 34.3. The lowest BCUT2D eigenvalue weighted by atomic mass is 9.99. The molecule has 70 heavy (non-hydrogen) atoms. The monoisotopic (exact) mass is 989 g/mol. The fourth-order valence-corrected chi connectivity index (χ4v) is 9.90. The molecule has 0 spiro atoms. The summed E-state index contributed by atoms with van der Waals surface area (Å²) in [7, 11) is 0. The summed E-state index contributed by atoms with van der Waals surface area (Å²) < 4.78 is 16.9. The highest BCUT2D eigenvalue weighted by atomic mass is 16.6. The third-order valence-electron chi connectivity index (χ3n) is 15.1. The number of ether oxygens (including phenoxy) is 3. The van der Waals surface area contributed by atoms with Crippen molar-refractivity contribution in [1.29, 1.82) is 0 Å². The number of hydrogen-bond donors (Lipinski definition) is 0. The third kappa shape index (κ3) is 55.7. The minimum Gasteiger partial charge on any atom is -0.462 e. The molecule has 0 fully saturated rings. The number of carbonyl (C=O) groups excluding carboxylic acids is 3. The quantitative estimate of drug-likeness (QED) is 0.0343. The predicted octanol–water partition coefficient (Wildman–Crippen LogP) is 21.2. The summed E-state index contributed by atoms with van der Waals surface area (Å²) in [5.41, 5.74) is 0. The minimum atomic E-state index is -0.763. The molecule has 1 unspecified atom stereocenters. The molecule has 0 aliphatic rings. The summed E-state index contributed by atoms with van der Waals surface area (Å²) in [5, 5.41) is 0. The van der Waals surface area contributed by atoms with E-state index >= 15 is 0 Å². The van der Waals surface area contributed by atoms with Crippen LogP contribution in [0.3, 0.4) is 0 Å². The van der Waals surface area contributed by atoms with E-state index in [1.807, 2.05) is 0 Å². The lowest BCUT2D eigenvalue weighted by molar-refractivity contribution is -0.167. The Balaban J connectivity index is 4.25. The lowest BCUT2D eigenvalue weighted by Crippen LogP contribution is -2.30. The lowest BCUT2D eigenvalue weighted by Gasteiger charge is -2.18. The number of rotatable bonds is 58. The maximum absolute atomic E-state index is 12.9. The molecule has 0 aromatic heterocycles. The van der Waals surface area contributed by atoms with Gasteiger partial charge in [-0.3, -0.25) is 14.4 Å². The van der Waals surface area contributed by atoms with Crippen molar-refractivity contribution in [2.75, 3.05) is 13.2 Å². The maximum atomic E-state index is 12.9. The normalized spacial score (nSPS) is 12.4. The van der Waals surface area contributed by atoms with Crippen molar-refractivity contribution in [2.45, 2.75) is 368 Å². The molecule has 0 aliphatic heterocycles. The highest BCUT2D eigenvalue weighted by Crippen LogP contribution is 2.19. The molecule has 6 heteroatoms. The van der Waals surface area contributed by atoms with Gasteiger partial charge in [-0.2, -0.15) is 0 Å². The van der Waals surface area contributed by atoms with E-state index in [0.717, 1.165) is 69.6 Å². The number of esters is 3. The minimum absolute atomic E-state index is 0.0619. The van der Waals surface area contributed by atoms with Gasteiger partial charge in [0, 0.05) is 19.3 Å². The van der Waals surface area contributed by atoms with E-state index in [4.69, 9.17) is 14.2 Å². The van der Waals surface area contributed by atoms with Gasteiger partial charge < -0.3 is 14.2 Å². The Hall–Kier alpha value is -1.59. The predicted molar refractivity (Wildman–Crippen MR) is 303 cm³/mol. The zero-order valence-corrected chi connectivity index (χ0v) is 48.2. The van der Waals surface area contributed by atoms with Gasteiger partial charge in [-0.25, -0.2) is 0 Å². The van der Waals surface area contributed by atoms with Gasteiger partial charge in [0.1, 0.15) is 13.2 Å². The maximum Gasteiger partial charge on any atom is 0.306 e. The van der Waals surface area contributed by atoms with Crippen LogP contribution < -0.4 is 0 Å². The van der Waals surface area contributed by atoms with Gasteiger partial charge in [-0.05, 0) is 31.1 Å². The number of carbonyl (C=O) groups is 3. The molecule has 0 aliphatic carbocycles. The van der Waals surface area contributed by atoms with E-state index < -0.39 is 6.10 Å². The van der Waals surface area contributed by atoms with Crippen molar-refractivity contribution >= 4 is 17.9 Å². The molecule has 0 aromatic rings. The first-order valence-corrected chi connectivity index (χ1v) is 31.8. The average Bonchev–Trinajstić information content (AvgIpc) is 3.35. The van der Waals surface area contributed by atoms with Crippen LogP contribution in [0.5, 0.6) is 0 Å². The zero-order valence-electron chi connectivity index (χ0n) is 48.2. The molecule has 0 radical (unpaired) electrons. The fourth-order valence-electron chi connectivity index (χ4n) is 9.90. The Labute approximate surface area is 438 Å². The molecule has 0 bridgehead atoms. The Morgan fingerprint density at radius 2 is 0.543 bits per heavy atom. The molecule has 2 atom stereocenters.